The summed E-state index contributed by atoms with van der Waals surface area (Å²) in [5.74, 6) is 1.59. The summed E-state index contributed by atoms with van der Waals surface area (Å²) >= 11 is 0. The number of aryl methyl sites for hydroxylation is 1. The minimum absolute atomic E-state index is 0.182. The smallest absolute Gasteiger partial charge is 0.271 e. The molecule has 1 aliphatic carbocycles. The summed E-state index contributed by atoms with van der Waals surface area (Å²) in [4.78, 5) is 19.9. The van der Waals surface area contributed by atoms with Gasteiger partial charge in [0, 0.05) is 12.1 Å². The maximum atomic E-state index is 11.7. The fraction of sp³-hybridized carbons (Fsp3) is 0.333. The van der Waals surface area contributed by atoms with Crippen molar-refractivity contribution in [3.63, 3.8) is 0 Å². The lowest BCUT2D eigenvalue weighted by Crippen LogP contribution is -2.26. The zero-order chi connectivity index (χ0) is 13.2. The normalized spacial score (nSPS) is 14.2. The lowest BCUT2D eigenvalue weighted by Gasteiger charge is -2.03. The van der Waals surface area contributed by atoms with E-state index in [1.54, 1.807) is 13.0 Å². The average Bonchev–Trinajstić information content (AvgIpc) is 3.12. The highest BCUT2D eigenvalue weighted by Gasteiger charge is 2.24. The summed E-state index contributed by atoms with van der Waals surface area (Å²) in [7, 11) is 0. The largest absolute Gasteiger partial charge is 0.360 e. The van der Waals surface area contributed by atoms with E-state index in [-0.39, 0.29) is 5.91 Å². The summed E-state index contributed by atoms with van der Waals surface area (Å²) in [5, 5.41) is 9.57. The van der Waals surface area contributed by atoms with Gasteiger partial charge in [-0.1, -0.05) is 5.16 Å². The molecule has 98 valence electrons. The van der Waals surface area contributed by atoms with Crippen molar-refractivity contribution in [2.45, 2.75) is 25.8 Å². The van der Waals surface area contributed by atoms with Crippen LogP contribution < -0.4 is 10.6 Å². The number of nitrogens with zero attached hydrogens (tertiary/aromatic N) is 3. The lowest BCUT2D eigenvalue weighted by molar-refractivity contribution is 0.0945. The van der Waals surface area contributed by atoms with E-state index in [9.17, 15) is 4.79 Å². The van der Waals surface area contributed by atoms with E-state index in [4.69, 9.17) is 4.52 Å². The molecule has 1 amide bonds. The molecule has 1 fully saturated rings. The van der Waals surface area contributed by atoms with Gasteiger partial charge in [-0.15, -0.1) is 0 Å². The van der Waals surface area contributed by atoms with Crippen LogP contribution in [0.1, 0.15) is 29.1 Å². The molecule has 0 aromatic carbocycles. The van der Waals surface area contributed by atoms with Crippen molar-refractivity contribution >= 4 is 17.5 Å². The summed E-state index contributed by atoms with van der Waals surface area (Å²) in [5.41, 5.74) is 0.314. The SMILES string of the molecule is Cc1cc(Nc2cnc(C(=O)NC3CC3)cn2)no1. The van der Waals surface area contributed by atoms with Crippen molar-refractivity contribution in [3.8, 4) is 0 Å². The number of nitrogens with one attached hydrogen (secondary N) is 2. The van der Waals surface area contributed by atoms with Crippen LogP contribution in [0.3, 0.4) is 0 Å². The van der Waals surface area contributed by atoms with E-state index >= 15 is 0 Å². The molecule has 7 heteroatoms. The molecule has 3 rings (SSSR count). The van der Waals surface area contributed by atoms with Crippen LogP contribution in [0.15, 0.2) is 23.0 Å². The van der Waals surface area contributed by atoms with Gasteiger partial charge >= 0.3 is 0 Å². The third-order valence-corrected chi connectivity index (χ3v) is 2.68. The Morgan fingerprint density at radius 2 is 2.16 bits per heavy atom. The van der Waals surface area contributed by atoms with Crippen molar-refractivity contribution in [1.29, 1.82) is 0 Å². The molecule has 2 aromatic rings. The molecule has 2 aromatic heterocycles. The average molecular weight is 259 g/mol. The Morgan fingerprint density at radius 1 is 1.32 bits per heavy atom. The highest BCUT2D eigenvalue weighted by molar-refractivity contribution is 5.92. The van der Waals surface area contributed by atoms with Gasteiger partial charge in [-0.25, -0.2) is 9.97 Å². The molecule has 0 radical (unpaired) electrons. The summed E-state index contributed by atoms with van der Waals surface area (Å²) in [6, 6.07) is 2.06. The molecule has 0 aliphatic heterocycles. The first-order valence-electron chi connectivity index (χ1n) is 6.04. The minimum atomic E-state index is -0.182. The Morgan fingerprint density at radius 3 is 2.74 bits per heavy atom. The molecule has 0 bridgehead atoms. The lowest BCUT2D eigenvalue weighted by atomic mass is 10.4. The van der Waals surface area contributed by atoms with Gasteiger partial charge in [-0.05, 0) is 19.8 Å². The Hall–Kier alpha value is -2.44. The standard InChI is InChI=1S/C12H13N5O2/c1-7-4-10(17-19-7)16-11-6-13-9(5-14-11)12(18)15-8-2-3-8/h4-6,8H,2-3H2,1H3,(H,15,18)(H,14,16,17). The molecule has 2 N–H and O–H groups in total. The predicted molar refractivity (Wildman–Crippen MR) is 67.0 cm³/mol. The van der Waals surface area contributed by atoms with Crippen molar-refractivity contribution < 1.29 is 9.32 Å². The number of aromatic nitrogens is 3. The Balaban J connectivity index is 1.66. The maximum Gasteiger partial charge on any atom is 0.271 e. The number of anilines is 2. The quantitative estimate of drug-likeness (QED) is 0.862. The molecule has 1 aliphatic rings. The van der Waals surface area contributed by atoms with Crippen LogP contribution in [0.2, 0.25) is 0 Å². The second-order valence-corrected chi connectivity index (χ2v) is 4.48. The zero-order valence-corrected chi connectivity index (χ0v) is 10.4. The van der Waals surface area contributed by atoms with Crippen LogP contribution in [-0.4, -0.2) is 27.1 Å². The number of carbonyl (C=O) groups excluding carboxylic acids is 1. The summed E-state index contributed by atoms with van der Waals surface area (Å²) in [6.07, 6.45) is 5.02. The summed E-state index contributed by atoms with van der Waals surface area (Å²) in [6.45, 7) is 1.80. The van der Waals surface area contributed by atoms with Crippen molar-refractivity contribution in [2.75, 3.05) is 5.32 Å². The van der Waals surface area contributed by atoms with E-state index in [0.29, 0.717) is 29.1 Å². The van der Waals surface area contributed by atoms with Gasteiger partial charge in [0.15, 0.2) is 5.82 Å². The van der Waals surface area contributed by atoms with Crippen molar-refractivity contribution in [3.05, 3.63) is 29.9 Å². The molecule has 2 heterocycles. The van der Waals surface area contributed by atoms with Gasteiger partial charge in [0.25, 0.3) is 5.91 Å². The number of hydrogen-bond acceptors (Lipinski definition) is 6. The first-order chi connectivity index (χ1) is 9.20. The van der Waals surface area contributed by atoms with Crippen LogP contribution in [-0.2, 0) is 0 Å². The fourth-order valence-electron chi connectivity index (χ4n) is 1.55. The highest BCUT2D eigenvalue weighted by Crippen LogP contribution is 2.19. The monoisotopic (exact) mass is 259 g/mol. The number of hydrogen-bond donors (Lipinski definition) is 2. The van der Waals surface area contributed by atoms with Gasteiger partial charge < -0.3 is 15.2 Å². The Bertz CT molecular complexity index is 588. The predicted octanol–water partition coefficient (Wildman–Crippen LogP) is 1.41. The van der Waals surface area contributed by atoms with Crippen LogP contribution in [0.25, 0.3) is 0 Å². The highest BCUT2D eigenvalue weighted by atomic mass is 16.5. The Kier molecular flexibility index (Phi) is 2.86. The van der Waals surface area contributed by atoms with E-state index < -0.39 is 0 Å². The van der Waals surface area contributed by atoms with Crippen LogP contribution >= 0.6 is 0 Å². The first kappa shape index (κ1) is 11.6. The van der Waals surface area contributed by atoms with E-state index in [1.165, 1.54) is 12.4 Å². The Labute approximate surface area is 109 Å². The molecule has 19 heavy (non-hydrogen) atoms. The van der Waals surface area contributed by atoms with Crippen molar-refractivity contribution in [2.24, 2.45) is 0 Å². The molecule has 0 atom stereocenters. The van der Waals surface area contributed by atoms with E-state index in [0.717, 1.165) is 12.8 Å². The van der Waals surface area contributed by atoms with Crippen LogP contribution in [0.4, 0.5) is 11.6 Å². The fourth-order valence-corrected chi connectivity index (χ4v) is 1.55. The third-order valence-electron chi connectivity index (χ3n) is 2.68. The van der Waals surface area contributed by atoms with Crippen LogP contribution in [0.5, 0.6) is 0 Å². The number of carbonyl (C=O) groups is 1. The van der Waals surface area contributed by atoms with Gasteiger partial charge in [-0.2, -0.15) is 0 Å². The molecule has 0 unspecified atom stereocenters. The number of amides is 1. The van der Waals surface area contributed by atoms with E-state index in [2.05, 4.69) is 25.8 Å². The van der Waals surface area contributed by atoms with Gasteiger partial charge in [0.2, 0.25) is 0 Å². The van der Waals surface area contributed by atoms with Gasteiger partial charge in [-0.3, -0.25) is 4.79 Å². The number of rotatable bonds is 4. The van der Waals surface area contributed by atoms with E-state index in [1.807, 2.05) is 0 Å². The van der Waals surface area contributed by atoms with Gasteiger partial charge in [0.1, 0.15) is 17.3 Å². The molecular weight excluding hydrogens is 246 g/mol. The third kappa shape index (κ3) is 2.87. The maximum absolute atomic E-state index is 11.7. The zero-order valence-electron chi connectivity index (χ0n) is 10.4. The second kappa shape index (κ2) is 4.68. The topological polar surface area (TPSA) is 92.9 Å². The first-order valence-corrected chi connectivity index (χ1v) is 6.04. The summed E-state index contributed by atoms with van der Waals surface area (Å²) < 4.78 is 4.92. The molecule has 0 saturated heterocycles. The second-order valence-electron chi connectivity index (χ2n) is 4.48. The molecule has 7 nitrogen and oxygen atoms in total. The molecular formula is C12H13N5O2. The van der Waals surface area contributed by atoms with Gasteiger partial charge in [0.05, 0.1) is 12.4 Å². The molecule has 0 spiro atoms. The van der Waals surface area contributed by atoms with Crippen molar-refractivity contribution in [1.82, 2.24) is 20.4 Å². The minimum Gasteiger partial charge on any atom is -0.360 e. The molecule has 1 saturated carbocycles. The van der Waals surface area contributed by atoms with Crippen LogP contribution in [0, 0.1) is 6.92 Å².